The highest BCUT2D eigenvalue weighted by molar-refractivity contribution is 6.83. The predicted molar refractivity (Wildman–Crippen MR) is 136 cm³/mol. The Balaban J connectivity index is 5.57. The summed E-state index contributed by atoms with van der Waals surface area (Å²) in [6.45, 7) is 18.6. The Labute approximate surface area is 205 Å². The van der Waals surface area contributed by atoms with Crippen LogP contribution in [0.1, 0.15) is 76.2 Å². The first kappa shape index (κ1) is 32.8. The van der Waals surface area contributed by atoms with Crippen molar-refractivity contribution in [2.24, 2.45) is 10.9 Å². The zero-order valence-corrected chi connectivity index (χ0v) is 24.5. The second kappa shape index (κ2) is 13.2. The lowest BCUT2D eigenvalue weighted by Crippen LogP contribution is -2.62. The SMILES string of the molecule is CC(C)C(=O)NC=NC(=O)NCC(F)(F)[C@H](C)O[Si](O[Si](O)(C(C)C)C(C)C)(C(C)C)C(C)C. The Morgan fingerprint density at radius 1 is 0.941 bits per heavy atom. The minimum absolute atomic E-state index is 0.148. The zero-order valence-electron chi connectivity index (χ0n) is 22.5. The Morgan fingerprint density at radius 2 is 1.41 bits per heavy atom. The molecular formula is C22H45F2N3O5Si2. The summed E-state index contributed by atoms with van der Waals surface area (Å²) in [6, 6.07) is -1.01. The molecule has 1 atom stereocenters. The highest BCUT2D eigenvalue weighted by atomic mass is 28.5. The monoisotopic (exact) mass is 525 g/mol. The van der Waals surface area contributed by atoms with Crippen molar-refractivity contribution in [1.82, 2.24) is 10.6 Å². The summed E-state index contributed by atoms with van der Waals surface area (Å²) in [5.74, 6) is -4.08. The Kier molecular flexibility index (Phi) is 12.7. The molecule has 0 saturated heterocycles. The second-order valence-corrected chi connectivity index (χ2v) is 18.9. The van der Waals surface area contributed by atoms with Crippen molar-refractivity contribution in [2.45, 2.75) is 110 Å². The average Bonchev–Trinajstić information content (AvgIpc) is 2.70. The zero-order chi connectivity index (χ0) is 27.1. The van der Waals surface area contributed by atoms with E-state index >= 15 is 0 Å². The highest BCUT2D eigenvalue weighted by Gasteiger charge is 2.57. The summed E-state index contributed by atoms with van der Waals surface area (Å²) in [7, 11) is -6.63. The standard InChI is InChI=1S/C22H45F2N3O5Si2/c1-14(2)20(28)26-13-27-21(29)25-12-22(23,24)19(11)31-34(17(7)8,18(9)10)32-33(30,15(3)4)16(5)6/h13-19,30H,12H2,1-11H3,(H2,25,26,27,28,29)/t19-/m0/s1. The van der Waals surface area contributed by atoms with Crippen LogP contribution in [0.4, 0.5) is 13.6 Å². The summed E-state index contributed by atoms with van der Waals surface area (Å²) in [5, 5.41) is 4.35. The van der Waals surface area contributed by atoms with Crippen molar-refractivity contribution in [2.75, 3.05) is 6.54 Å². The van der Waals surface area contributed by atoms with Gasteiger partial charge in [0, 0.05) is 5.92 Å². The molecule has 0 spiro atoms. The van der Waals surface area contributed by atoms with Crippen LogP contribution in [-0.4, -0.2) is 58.8 Å². The van der Waals surface area contributed by atoms with E-state index < -0.39 is 41.7 Å². The van der Waals surface area contributed by atoms with Crippen molar-refractivity contribution in [3.63, 3.8) is 0 Å². The first-order valence-electron chi connectivity index (χ1n) is 11.9. The van der Waals surface area contributed by atoms with Crippen LogP contribution < -0.4 is 10.6 Å². The lowest BCUT2D eigenvalue weighted by atomic mass is 10.2. The number of carbonyl (C=O) groups is 2. The number of aliphatic imine (C=N–C) groups is 1. The van der Waals surface area contributed by atoms with Gasteiger partial charge in [-0.3, -0.25) is 4.79 Å². The maximum Gasteiger partial charge on any atom is 0.342 e. The van der Waals surface area contributed by atoms with Gasteiger partial charge < -0.3 is 24.0 Å². The lowest BCUT2D eigenvalue weighted by molar-refractivity contribution is -0.122. The molecule has 0 heterocycles. The van der Waals surface area contributed by atoms with Crippen LogP contribution in [0, 0.1) is 5.92 Å². The number of carbonyl (C=O) groups excluding carboxylic acids is 2. The average molecular weight is 526 g/mol. The number of amides is 3. The smallest absolute Gasteiger partial charge is 0.342 e. The number of hydrogen-bond donors (Lipinski definition) is 3. The summed E-state index contributed by atoms with van der Waals surface area (Å²) in [4.78, 5) is 38.1. The third-order valence-electron chi connectivity index (χ3n) is 5.93. The second-order valence-electron chi connectivity index (χ2n) is 10.3. The maximum absolute atomic E-state index is 15.0. The van der Waals surface area contributed by atoms with E-state index in [-0.39, 0.29) is 34.0 Å². The number of nitrogens with zero attached hydrogens (tertiary/aromatic N) is 1. The molecule has 0 rings (SSSR count). The molecule has 200 valence electrons. The summed E-state index contributed by atoms with van der Waals surface area (Å²) in [5.41, 5.74) is -0.702. The van der Waals surface area contributed by atoms with E-state index in [2.05, 4.69) is 15.6 Å². The van der Waals surface area contributed by atoms with Gasteiger partial charge in [-0.25, -0.2) is 13.6 Å². The molecule has 8 nitrogen and oxygen atoms in total. The van der Waals surface area contributed by atoms with Gasteiger partial charge >= 0.3 is 23.2 Å². The first-order chi connectivity index (χ1) is 15.3. The van der Waals surface area contributed by atoms with E-state index in [1.165, 1.54) is 6.92 Å². The van der Waals surface area contributed by atoms with Gasteiger partial charge in [-0.15, -0.1) is 0 Å². The van der Waals surface area contributed by atoms with E-state index in [9.17, 15) is 23.2 Å². The van der Waals surface area contributed by atoms with Crippen molar-refractivity contribution in [3.05, 3.63) is 0 Å². The van der Waals surface area contributed by atoms with E-state index in [1.54, 1.807) is 13.8 Å². The molecule has 0 bridgehead atoms. The Morgan fingerprint density at radius 3 is 1.79 bits per heavy atom. The van der Waals surface area contributed by atoms with Crippen molar-refractivity contribution in [3.8, 4) is 0 Å². The van der Waals surface area contributed by atoms with Gasteiger partial charge in [0.2, 0.25) is 5.91 Å². The molecule has 12 heteroatoms. The topological polar surface area (TPSA) is 109 Å². The van der Waals surface area contributed by atoms with Gasteiger partial charge in [0.25, 0.3) is 5.92 Å². The Bertz CT molecular complexity index is 688. The molecule has 0 fully saturated rings. The number of halogens is 2. The number of alkyl halides is 2. The van der Waals surface area contributed by atoms with Crippen LogP contribution in [0.2, 0.25) is 22.2 Å². The predicted octanol–water partition coefficient (Wildman–Crippen LogP) is 5.07. The summed E-state index contributed by atoms with van der Waals surface area (Å²) >= 11 is 0. The van der Waals surface area contributed by atoms with Crippen LogP contribution in [-0.2, 0) is 13.3 Å². The fourth-order valence-corrected chi connectivity index (χ4v) is 13.4. The molecule has 0 aromatic rings. The van der Waals surface area contributed by atoms with Gasteiger partial charge in [-0.2, -0.15) is 4.99 Å². The van der Waals surface area contributed by atoms with Crippen molar-refractivity contribution >= 4 is 35.4 Å². The minimum atomic E-state index is -3.42. The summed E-state index contributed by atoms with van der Waals surface area (Å²) < 4.78 is 42.6. The molecule has 3 amide bonds. The van der Waals surface area contributed by atoms with E-state index in [0.717, 1.165) is 6.34 Å². The third-order valence-corrected chi connectivity index (χ3v) is 15.8. The molecule has 3 N–H and O–H groups in total. The van der Waals surface area contributed by atoms with Crippen molar-refractivity contribution in [1.29, 1.82) is 0 Å². The van der Waals surface area contributed by atoms with E-state index in [4.69, 9.17) is 8.54 Å². The molecule has 0 radical (unpaired) electrons. The van der Waals surface area contributed by atoms with Gasteiger partial charge in [-0.1, -0.05) is 69.2 Å². The van der Waals surface area contributed by atoms with Crippen LogP contribution in [0.15, 0.2) is 4.99 Å². The van der Waals surface area contributed by atoms with Gasteiger partial charge in [-0.05, 0) is 29.1 Å². The van der Waals surface area contributed by atoms with Crippen molar-refractivity contribution < 1.29 is 31.7 Å². The Hall–Kier alpha value is -1.22. The van der Waals surface area contributed by atoms with Gasteiger partial charge in [0.15, 0.2) is 0 Å². The van der Waals surface area contributed by atoms with Crippen LogP contribution in [0.5, 0.6) is 0 Å². The van der Waals surface area contributed by atoms with Gasteiger partial charge in [0.1, 0.15) is 12.4 Å². The number of rotatable bonds is 13. The highest BCUT2D eigenvalue weighted by Crippen LogP contribution is 2.43. The molecular weight excluding hydrogens is 480 g/mol. The summed E-state index contributed by atoms with van der Waals surface area (Å²) in [6.07, 6.45) is -0.700. The molecule has 34 heavy (non-hydrogen) atoms. The molecule has 0 aromatic carbocycles. The normalized spacial score (nSPS) is 14.7. The molecule has 0 aliphatic rings. The van der Waals surface area contributed by atoms with E-state index in [1.807, 2.05) is 55.4 Å². The number of urea groups is 1. The molecule has 0 aliphatic heterocycles. The maximum atomic E-state index is 15.0. The number of hydrogen-bond acceptors (Lipinski definition) is 5. The quantitative estimate of drug-likeness (QED) is 0.177. The van der Waals surface area contributed by atoms with Gasteiger partial charge in [0.05, 0.1) is 6.54 Å². The minimum Gasteiger partial charge on any atom is -0.414 e. The lowest BCUT2D eigenvalue weighted by Gasteiger charge is -2.47. The molecule has 0 unspecified atom stereocenters. The van der Waals surface area contributed by atoms with Crippen LogP contribution in [0.25, 0.3) is 0 Å². The molecule has 0 aliphatic carbocycles. The van der Waals surface area contributed by atoms with Crippen LogP contribution in [0.3, 0.4) is 0 Å². The molecule has 0 aromatic heterocycles. The van der Waals surface area contributed by atoms with E-state index in [0.29, 0.717) is 0 Å². The number of nitrogens with one attached hydrogen (secondary N) is 2. The fourth-order valence-electron chi connectivity index (χ4n) is 3.42. The fraction of sp³-hybridized carbons (Fsp3) is 0.864. The third kappa shape index (κ3) is 8.78. The largest absolute Gasteiger partial charge is 0.414 e. The first-order valence-corrected chi connectivity index (χ1v) is 15.9. The van der Waals surface area contributed by atoms with Crippen LogP contribution >= 0.6 is 0 Å². The molecule has 0 saturated carbocycles.